The number of likely N-dealkylation sites (tertiary alicyclic amines) is 1. The first kappa shape index (κ1) is 25.8. The summed E-state index contributed by atoms with van der Waals surface area (Å²) >= 11 is 0. The van der Waals surface area contributed by atoms with Crippen LogP contribution in [-0.4, -0.2) is 65.5 Å². The van der Waals surface area contributed by atoms with E-state index in [0.29, 0.717) is 6.67 Å². The third-order valence-corrected chi connectivity index (χ3v) is 9.04. The topological polar surface area (TPSA) is 81.9 Å². The van der Waals surface area contributed by atoms with Crippen molar-refractivity contribution in [1.29, 1.82) is 0 Å². The van der Waals surface area contributed by atoms with Crippen molar-refractivity contribution in [2.45, 2.75) is 62.7 Å². The quantitative estimate of drug-likeness (QED) is 0.511. The molecule has 1 spiro atoms. The molecule has 0 radical (unpaired) electrons. The molecule has 7 nitrogen and oxygen atoms in total. The lowest BCUT2D eigenvalue weighted by Crippen LogP contribution is -2.56. The van der Waals surface area contributed by atoms with Crippen molar-refractivity contribution in [3.05, 3.63) is 78.4 Å². The summed E-state index contributed by atoms with van der Waals surface area (Å²) in [6.07, 6.45) is 5.52. The zero-order valence-electron chi connectivity index (χ0n) is 22.6. The summed E-state index contributed by atoms with van der Waals surface area (Å²) in [5, 5.41) is 5.67. The molecule has 2 amide bonds. The fourth-order valence-corrected chi connectivity index (χ4v) is 6.84. The maximum Gasteiger partial charge on any atom is 0.250 e. The Hall–Kier alpha value is -3.42. The van der Waals surface area contributed by atoms with Crippen molar-refractivity contribution < 1.29 is 9.59 Å². The van der Waals surface area contributed by atoms with E-state index in [9.17, 15) is 9.59 Å². The van der Waals surface area contributed by atoms with E-state index >= 15 is 0 Å². The standard InChI is InChI=1S/C32H39N5O2/c33-28-15-6-7-16-29(28)34-30(38)22-36-23-37(26-12-2-1-3-13-26)32(31(36)39)17-19-35(20-18-32)21-25-11-8-10-24-9-4-5-14-27(24)25/h1-5,8-14,28-29H,6-7,15-23,33H2,(H,34,38). The Morgan fingerprint density at radius 3 is 2.44 bits per heavy atom. The lowest BCUT2D eigenvalue weighted by molar-refractivity contribution is -0.137. The minimum Gasteiger partial charge on any atom is -0.350 e. The first-order chi connectivity index (χ1) is 19.0. The summed E-state index contributed by atoms with van der Waals surface area (Å²) in [6, 6.07) is 25.2. The molecule has 0 bridgehead atoms. The predicted octanol–water partition coefficient (Wildman–Crippen LogP) is 3.87. The second-order valence-corrected chi connectivity index (χ2v) is 11.5. The van der Waals surface area contributed by atoms with Gasteiger partial charge < -0.3 is 20.9 Å². The molecule has 1 saturated carbocycles. The van der Waals surface area contributed by atoms with Gasteiger partial charge in [0.15, 0.2) is 0 Å². The first-order valence-electron chi connectivity index (χ1n) is 14.4. The molecule has 2 saturated heterocycles. The highest BCUT2D eigenvalue weighted by molar-refractivity contribution is 5.96. The van der Waals surface area contributed by atoms with Gasteiger partial charge >= 0.3 is 0 Å². The van der Waals surface area contributed by atoms with Crippen LogP contribution in [0.15, 0.2) is 72.8 Å². The fraction of sp³-hybridized carbons (Fsp3) is 0.438. The van der Waals surface area contributed by atoms with Gasteiger partial charge in [-0.05, 0) is 54.2 Å². The van der Waals surface area contributed by atoms with Gasteiger partial charge in [0.25, 0.3) is 0 Å². The molecule has 1 aliphatic carbocycles. The first-order valence-corrected chi connectivity index (χ1v) is 14.4. The number of nitrogens with one attached hydrogen (secondary N) is 1. The SMILES string of the molecule is NC1CCCCC1NC(=O)CN1CN(c2ccccc2)C2(CCN(Cc3cccc4ccccc34)CC2)C1=O. The molecule has 7 heteroatoms. The average Bonchev–Trinajstić information content (AvgIpc) is 3.22. The van der Waals surface area contributed by atoms with E-state index in [-0.39, 0.29) is 30.4 Å². The molecule has 3 aromatic rings. The summed E-state index contributed by atoms with van der Waals surface area (Å²) in [5.41, 5.74) is 7.99. The molecule has 3 aliphatic rings. The number of fused-ring (bicyclic) bond motifs is 1. The third kappa shape index (κ3) is 5.13. The van der Waals surface area contributed by atoms with Crippen LogP contribution in [-0.2, 0) is 16.1 Å². The molecule has 6 rings (SSSR count). The number of nitrogens with two attached hydrogens (primary N) is 1. The fourth-order valence-electron chi connectivity index (χ4n) is 6.84. The van der Waals surface area contributed by atoms with Crippen LogP contribution in [0.4, 0.5) is 5.69 Å². The van der Waals surface area contributed by atoms with Crippen LogP contribution in [0.3, 0.4) is 0 Å². The summed E-state index contributed by atoms with van der Waals surface area (Å²) in [6.45, 7) is 3.03. The van der Waals surface area contributed by atoms with E-state index in [1.807, 2.05) is 18.2 Å². The van der Waals surface area contributed by atoms with Crippen LogP contribution >= 0.6 is 0 Å². The van der Waals surface area contributed by atoms with E-state index < -0.39 is 5.54 Å². The zero-order chi connectivity index (χ0) is 26.8. The Morgan fingerprint density at radius 1 is 0.923 bits per heavy atom. The van der Waals surface area contributed by atoms with Gasteiger partial charge in [-0.25, -0.2) is 0 Å². The summed E-state index contributed by atoms with van der Waals surface area (Å²) < 4.78 is 0. The molecule has 2 aliphatic heterocycles. The van der Waals surface area contributed by atoms with Crippen LogP contribution in [0.2, 0.25) is 0 Å². The second-order valence-electron chi connectivity index (χ2n) is 11.5. The number of rotatable bonds is 6. The number of anilines is 1. The Balaban J connectivity index is 1.17. The Bertz CT molecular complexity index is 1320. The minimum atomic E-state index is -0.627. The highest BCUT2D eigenvalue weighted by Gasteiger charge is 2.54. The molecular formula is C32H39N5O2. The molecule has 2 atom stereocenters. The van der Waals surface area contributed by atoms with Crippen LogP contribution < -0.4 is 16.0 Å². The smallest absolute Gasteiger partial charge is 0.250 e. The zero-order valence-corrected chi connectivity index (χ0v) is 22.6. The van der Waals surface area contributed by atoms with E-state index in [0.717, 1.165) is 63.8 Å². The monoisotopic (exact) mass is 525 g/mol. The van der Waals surface area contributed by atoms with Gasteiger partial charge in [-0.2, -0.15) is 0 Å². The largest absolute Gasteiger partial charge is 0.350 e. The summed E-state index contributed by atoms with van der Waals surface area (Å²) in [5.74, 6) is -0.0385. The highest BCUT2D eigenvalue weighted by Crippen LogP contribution is 2.40. The van der Waals surface area contributed by atoms with Crippen LogP contribution in [0.5, 0.6) is 0 Å². The van der Waals surface area contributed by atoms with Crippen molar-refractivity contribution in [3.8, 4) is 0 Å². The van der Waals surface area contributed by atoms with Gasteiger partial charge in [-0.15, -0.1) is 0 Å². The lowest BCUT2D eigenvalue weighted by Gasteiger charge is -2.43. The molecule has 0 aromatic heterocycles. The predicted molar refractivity (Wildman–Crippen MR) is 155 cm³/mol. The maximum absolute atomic E-state index is 14.1. The van der Waals surface area contributed by atoms with Crippen molar-refractivity contribution in [2.24, 2.45) is 5.73 Å². The highest BCUT2D eigenvalue weighted by atomic mass is 16.2. The van der Waals surface area contributed by atoms with Gasteiger partial charge in [0, 0.05) is 37.4 Å². The molecule has 2 heterocycles. The van der Waals surface area contributed by atoms with E-state index in [4.69, 9.17) is 5.73 Å². The van der Waals surface area contributed by atoms with Crippen LogP contribution in [0.25, 0.3) is 10.8 Å². The maximum atomic E-state index is 14.1. The van der Waals surface area contributed by atoms with Crippen molar-refractivity contribution in [3.63, 3.8) is 0 Å². The molecule has 3 aromatic carbocycles. The molecule has 2 unspecified atom stereocenters. The Morgan fingerprint density at radius 2 is 1.64 bits per heavy atom. The molecule has 3 fully saturated rings. The molecule has 204 valence electrons. The van der Waals surface area contributed by atoms with Crippen LogP contribution in [0.1, 0.15) is 44.1 Å². The van der Waals surface area contributed by atoms with Gasteiger partial charge in [0.2, 0.25) is 11.8 Å². The minimum absolute atomic E-state index is 0.000415. The van der Waals surface area contributed by atoms with Crippen molar-refractivity contribution >= 4 is 28.3 Å². The summed E-state index contributed by atoms with van der Waals surface area (Å²) in [7, 11) is 0. The van der Waals surface area contributed by atoms with Crippen molar-refractivity contribution in [2.75, 3.05) is 31.2 Å². The van der Waals surface area contributed by atoms with Crippen molar-refractivity contribution in [1.82, 2.24) is 15.1 Å². The van der Waals surface area contributed by atoms with E-state index in [2.05, 4.69) is 69.7 Å². The average molecular weight is 526 g/mol. The summed E-state index contributed by atoms with van der Waals surface area (Å²) in [4.78, 5) is 33.6. The van der Waals surface area contributed by atoms with Gasteiger partial charge in [-0.1, -0.05) is 73.5 Å². The Kier molecular flexibility index (Phi) is 7.28. The van der Waals surface area contributed by atoms with Gasteiger partial charge in [0.1, 0.15) is 12.1 Å². The van der Waals surface area contributed by atoms with Gasteiger partial charge in [0.05, 0.1) is 6.67 Å². The second kappa shape index (κ2) is 11.0. The lowest BCUT2D eigenvalue weighted by atomic mass is 9.85. The number of carbonyl (C=O) groups is 2. The number of hydrogen-bond donors (Lipinski definition) is 2. The molecule has 39 heavy (non-hydrogen) atoms. The number of amides is 2. The van der Waals surface area contributed by atoms with E-state index in [1.54, 1.807) is 4.90 Å². The number of piperidine rings is 1. The van der Waals surface area contributed by atoms with Crippen LogP contribution in [0, 0.1) is 0 Å². The Labute approximate surface area is 230 Å². The number of benzene rings is 3. The number of carbonyl (C=O) groups excluding carboxylic acids is 2. The third-order valence-electron chi connectivity index (χ3n) is 9.04. The number of hydrogen-bond acceptors (Lipinski definition) is 5. The number of nitrogens with zero attached hydrogens (tertiary/aromatic N) is 3. The number of para-hydroxylation sites is 1. The van der Waals surface area contributed by atoms with Gasteiger partial charge in [-0.3, -0.25) is 14.5 Å². The molecular weight excluding hydrogens is 486 g/mol. The molecule has 3 N–H and O–H groups in total. The van der Waals surface area contributed by atoms with E-state index in [1.165, 1.54) is 16.3 Å². The normalized spacial score (nSPS) is 23.5.